The maximum absolute atomic E-state index is 10.3. The molecule has 0 spiro atoms. The van der Waals surface area contributed by atoms with Gasteiger partial charge in [-0.3, -0.25) is 9.89 Å². The number of guanidine groups is 1. The minimum Gasteiger partial charge on any atom is -0.392 e. The maximum atomic E-state index is 10.3. The van der Waals surface area contributed by atoms with Crippen LogP contribution in [0.1, 0.15) is 59.3 Å². The molecule has 0 bridgehead atoms. The first-order chi connectivity index (χ1) is 11.1. The molecule has 0 amide bonds. The minimum atomic E-state index is -0.215. The Hall–Kier alpha value is -0.810. The third kappa shape index (κ3) is 5.08. The number of aliphatic imine (C=N–C) groups is 1. The maximum Gasteiger partial charge on any atom is 0.191 e. The summed E-state index contributed by atoms with van der Waals surface area (Å²) in [6.07, 6.45) is 6.71. The monoisotopic (exact) mass is 324 g/mol. The third-order valence-electron chi connectivity index (χ3n) is 5.63. The summed E-state index contributed by atoms with van der Waals surface area (Å²) in [6.45, 7) is 11.4. The van der Waals surface area contributed by atoms with E-state index in [1.54, 1.807) is 0 Å². The Morgan fingerprint density at radius 3 is 2.74 bits per heavy atom. The zero-order valence-corrected chi connectivity index (χ0v) is 15.3. The van der Waals surface area contributed by atoms with E-state index in [9.17, 15) is 5.11 Å². The molecule has 0 aromatic rings. The van der Waals surface area contributed by atoms with Gasteiger partial charge in [0.1, 0.15) is 0 Å². The number of rotatable bonds is 6. The summed E-state index contributed by atoms with van der Waals surface area (Å²) in [5.74, 6) is 0.898. The molecule has 2 fully saturated rings. The first-order valence-corrected chi connectivity index (χ1v) is 9.53. The predicted molar refractivity (Wildman–Crippen MR) is 96.8 cm³/mol. The van der Waals surface area contributed by atoms with Gasteiger partial charge in [0.15, 0.2) is 5.96 Å². The van der Waals surface area contributed by atoms with Gasteiger partial charge in [-0.2, -0.15) is 0 Å². The van der Waals surface area contributed by atoms with Crippen LogP contribution in [0, 0.1) is 5.41 Å². The Labute approximate surface area is 141 Å². The van der Waals surface area contributed by atoms with Crippen LogP contribution in [0.15, 0.2) is 4.99 Å². The lowest BCUT2D eigenvalue weighted by molar-refractivity contribution is 0.00716. The number of hydrogen-bond donors (Lipinski definition) is 3. The molecule has 2 aliphatic rings. The lowest BCUT2D eigenvalue weighted by Gasteiger charge is -2.37. The van der Waals surface area contributed by atoms with Gasteiger partial charge < -0.3 is 15.7 Å². The molecular formula is C18H36N4O. The van der Waals surface area contributed by atoms with Crippen molar-refractivity contribution in [3.8, 4) is 0 Å². The van der Waals surface area contributed by atoms with Crippen LogP contribution in [0.3, 0.4) is 0 Å². The topological polar surface area (TPSA) is 59.9 Å². The van der Waals surface area contributed by atoms with Crippen molar-refractivity contribution in [1.29, 1.82) is 0 Å². The van der Waals surface area contributed by atoms with Crippen molar-refractivity contribution in [2.45, 2.75) is 71.4 Å². The average Bonchev–Trinajstić information content (AvgIpc) is 3.01. The summed E-state index contributed by atoms with van der Waals surface area (Å²) >= 11 is 0. The Bertz CT molecular complexity index is 387. The smallest absolute Gasteiger partial charge is 0.191 e. The first-order valence-electron chi connectivity index (χ1n) is 9.53. The van der Waals surface area contributed by atoms with Gasteiger partial charge in [0.2, 0.25) is 0 Å². The summed E-state index contributed by atoms with van der Waals surface area (Å²) in [5, 5.41) is 17.2. The molecule has 23 heavy (non-hydrogen) atoms. The molecule has 1 aliphatic heterocycles. The molecular weight excluding hydrogens is 288 g/mol. The van der Waals surface area contributed by atoms with Gasteiger partial charge in [-0.15, -0.1) is 0 Å². The molecule has 1 saturated heterocycles. The summed E-state index contributed by atoms with van der Waals surface area (Å²) in [7, 11) is 0. The molecule has 1 aliphatic carbocycles. The van der Waals surface area contributed by atoms with Crippen LogP contribution < -0.4 is 10.6 Å². The van der Waals surface area contributed by atoms with E-state index in [-0.39, 0.29) is 11.5 Å². The number of aliphatic hydroxyl groups excluding tert-OH is 1. The zero-order chi connectivity index (χ0) is 16.7. The van der Waals surface area contributed by atoms with Gasteiger partial charge in [0.05, 0.1) is 12.6 Å². The molecule has 0 aromatic heterocycles. The molecule has 3 unspecified atom stereocenters. The highest BCUT2D eigenvalue weighted by molar-refractivity contribution is 5.79. The van der Waals surface area contributed by atoms with Crippen LogP contribution in [0.2, 0.25) is 0 Å². The fourth-order valence-electron chi connectivity index (χ4n) is 3.92. The van der Waals surface area contributed by atoms with Gasteiger partial charge in [-0.25, -0.2) is 0 Å². The first kappa shape index (κ1) is 18.5. The number of likely N-dealkylation sites (N-methyl/N-ethyl adjacent to an activating group) is 1. The number of aliphatic hydroxyl groups is 1. The van der Waals surface area contributed by atoms with Crippen molar-refractivity contribution in [3.63, 3.8) is 0 Å². The average molecular weight is 325 g/mol. The number of nitrogens with one attached hydrogen (secondary N) is 2. The van der Waals surface area contributed by atoms with E-state index in [0.29, 0.717) is 12.6 Å². The molecule has 5 nitrogen and oxygen atoms in total. The standard InChI is InChI=1S/C18H36N4O/c1-4-19-17(20-13-15-9-8-12-22(15)5-2)21-14-18(3)11-7-6-10-16(18)23/h15-16,23H,4-14H2,1-3H3,(H2,19,20,21). The summed E-state index contributed by atoms with van der Waals surface area (Å²) in [4.78, 5) is 7.33. The van der Waals surface area contributed by atoms with E-state index >= 15 is 0 Å². The Balaban J connectivity index is 1.89. The van der Waals surface area contributed by atoms with E-state index in [4.69, 9.17) is 4.99 Å². The van der Waals surface area contributed by atoms with Crippen LogP contribution >= 0.6 is 0 Å². The highest BCUT2D eigenvalue weighted by Crippen LogP contribution is 2.36. The Morgan fingerprint density at radius 1 is 1.22 bits per heavy atom. The molecule has 1 saturated carbocycles. The highest BCUT2D eigenvalue weighted by atomic mass is 16.3. The van der Waals surface area contributed by atoms with Crippen LogP contribution in [-0.2, 0) is 0 Å². The normalized spacial score (nSPS) is 33.0. The van der Waals surface area contributed by atoms with Gasteiger partial charge in [-0.05, 0) is 45.7 Å². The minimum absolute atomic E-state index is 0.0661. The fraction of sp³-hybridized carbons (Fsp3) is 0.944. The lowest BCUT2D eigenvalue weighted by Crippen LogP contribution is -2.46. The Morgan fingerprint density at radius 2 is 2.04 bits per heavy atom. The van der Waals surface area contributed by atoms with Gasteiger partial charge in [-0.1, -0.05) is 26.7 Å². The number of likely N-dealkylation sites (tertiary alicyclic amines) is 1. The van der Waals surface area contributed by atoms with Crippen LogP contribution in [-0.4, -0.2) is 60.8 Å². The van der Waals surface area contributed by atoms with E-state index in [2.05, 4.69) is 36.3 Å². The van der Waals surface area contributed by atoms with Gasteiger partial charge in [0.25, 0.3) is 0 Å². The quantitative estimate of drug-likeness (QED) is 0.516. The molecule has 0 radical (unpaired) electrons. The molecule has 3 atom stereocenters. The second-order valence-corrected chi connectivity index (χ2v) is 7.42. The number of hydrogen-bond acceptors (Lipinski definition) is 3. The lowest BCUT2D eigenvalue weighted by atomic mass is 9.73. The summed E-state index contributed by atoms with van der Waals surface area (Å²) in [6, 6.07) is 0.625. The van der Waals surface area contributed by atoms with Crippen molar-refractivity contribution in [2.24, 2.45) is 10.4 Å². The van der Waals surface area contributed by atoms with E-state index in [1.165, 1.54) is 25.8 Å². The van der Waals surface area contributed by atoms with Crippen LogP contribution in [0.4, 0.5) is 0 Å². The molecule has 2 rings (SSSR count). The molecule has 134 valence electrons. The van der Waals surface area contributed by atoms with Crippen LogP contribution in [0.25, 0.3) is 0 Å². The van der Waals surface area contributed by atoms with Gasteiger partial charge >= 0.3 is 0 Å². The van der Waals surface area contributed by atoms with Crippen molar-refractivity contribution < 1.29 is 5.11 Å². The zero-order valence-electron chi connectivity index (χ0n) is 15.3. The van der Waals surface area contributed by atoms with E-state index < -0.39 is 0 Å². The van der Waals surface area contributed by atoms with Crippen molar-refractivity contribution >= 4 is 5.96 Å². The van der Waals surface area contributed by atoms with Crippen LogP contribution in [0.5, 0.6) is 0 Å². The molecule has 1 heterocycles. The van der Waals surface area contributed by atoms with Gasteiger partial charge in [0, 0.05) is 24.5 Å². The van der Waals surface area contributed by atoms with E-state index in [0.717, 1.165) is 44.9 Å². The SMILES string of the molecule is CCNC(=NCC1(C)CCCCC1O)NCC1CCCN1CC. The van der Waals surface area contributed by atoms with Crippen molar-refractivity contribution in [2.75, 3.05) is 32.7 Å². The fourth-order valence-corrected chi connectivity index (χ4v) is 3.92. The third-order valence-corrected chi connectivity index (χ3v) is 5.63. The largest absolute Gasteiger partial charge is 0.392 e. The second kappa shape index (κ2) is 8.88. The summed E-state index contributed by atoms with van der Waals surface area (Å²) < 4.78 is 0. The molecule has 3 N–H and O–H groups in total. The highest BCUT2D eigenvalue weighted by Gasteiger charge is 2.35. The Kier molecular flexibility index (Phi) is 7.15. The van der Waals surface area contributed by atoms with Crippen molar-refractivity contribution in [1.82, 2.24) is 15.5 Å². The second-order valence-electron chi connectivity index (χ2n) is 7.42. The number of nitrogens with zero attached hydrogens (tertiary/aromatic N) is 2. The van der Waals surface area contributed by atoms with Crippen molar-refractivity contribution in [3.05, 3.63) is 0 Å². The summed E-state index contributed by atoms with van der Waals surface area (Å²) in [5.41, 5.74) is -0.0661. The van der Waals surface area contributed by atoms with E-state index in [1.807, 2.05) is 0 Å². The molecule has 0 aromatic carbocycles. The molecule has 5 heteroatoms. The predicted octanol–water partition coefficient (Wildman–Crippen LogP) is 1.97.